The Balaban J connectivity index is 3.43. The van der Waals surface area contributed by atoms with Crippen LogP contribution in [0.4, 0.5) is 0 Å². The summed E-state index contributed by atoms with van der Waals surface area (Å²) in [5.74, 6) is -0.955. The van der Waals surface area contributed by atoms with Gasteiger partial charge in [-0.3, -0.25) is 9.59 Å². The van der Waals surface area contributed by atoms with Crippen LogP contribution >= 0.6 is 0 Å². The van der Waals surface area contributed by atoms with E-state index in [9.17, 15) is 19.8 Å². The molecule has 1 aliphatic rings. The van der Waals surface area contributed by atoms with Crippen LogP contribution in [-0.2, 0) is 9.59 Å². The second kappa shape index (κ2) is 8.26. The Morgan fingerprint density at radius 3 is 1.50 bits per heavy atom. The van der Waals surface area contributed by atoms with E-state index in [0.29, 0.717) is 38.5 Å². The molecule has 0 heterocycles. The van der Waals surface area contributed by atoms with E-state index in [4.69, 9.17) is 5.73 Å². The first-order valence-electron chi connectivity index (χ1n) is 10.1. The molecule has 0 aromatic heterocycles. The van der Waals surface area contributed by atoms with Crippen molar-refractivity contribution in [1.29, 1.82) is 0 Å². The van der Waals surface area contributed by atoms with Crippen LogP contribution in [0.2, 0.25) is 0 Å². The van der Waals surface area contributed by atoms with Crippen molar-refractivity contribution in [3.63, 3.8) is 0 Å². The summed E-state index contributed by atoms with van der Waals surface area (Å²) in [5, 5.41) is 22.2. The lowest BCUT2D eigenvalue weighted by Gasteiger charge is -2.52. The predicted molar refractivity (Wildman–Crippen MR) is 102 cm³/mol. The number of nitrogens with two attached hydrogens (primary N) is 1. The van der Waals surface area contributed by atoms with Crippen LogP contribution in [0.3, 0.4) is 0 Å². The molecule has 1 saturated carbocycles. The lowest BCUT2D eigenvalue weighted by Crippen LogP contribution is -2.66. The maximum atomic E-state index is 13.5. The van der Waals surface area contributed by atoms with Gasteiger partial charge in [0.25, 0.3) is 0 Å². The van der Waals surface area contributed by atoms with E-state index in [1.54, 1.807) is 18.7 Å². The van der Waals surface area contributed by atoms with E-state index >= 15 is 0 Å². The Hall–Kier alpha value is -1.14. The highest BCUT2D eigenvalue weighted by Crippen LogP contribution is 2.45. The van der Waals surface area contributed by atoms with Crippen LogP contribution in [0.5, 0.6) is 0 Å². The third kappa shape index (κ3) is 3.63. The molecule has 0 saturated heterocycles. The zero-order valence-electron chi connectivity index (χ0n) is 17.3. The number of carbonyl (C=O) groups is 2. The molecule has 0 aromatic carbocycles. The molecule has 0 aromatic rings. The minimum atomic E-state index is -1.20. The fourth-order valence-corrected chi connectivity index (χ4v) is 4.23. The summed E-state index contributed by atoms with van der Waals surface area (Å²) in [4.78, 5) is 27.2. The summed E-state index contributed by atoms with van der Waals surface area (Å²) in [6.45, 7) is 11.1. The molecule has 6 heteroatoms. The standard InChI is InChI=1S/C20H38N2O4/c1-7-19(25,8-2)14(5)22(15(6)20(26,9-3)10-4)17(24)18(16(21)23)12-11-13-18/h14-15,25-26H,7-13H2,1-6H3,(H2,21,23). The first-order chi connectivity index (χ1) is 12.0. The van der Waals surface area contributed by atoms with Crippen molar-refractivity contribution in [3.8, 4) is 0 Å². The molecule has 1 fully saturated rings. The van der Waals surface area contributed by atoms with Gasteiger partial charge in [-0.05, 0) is 52.4 Å². The van der Waals surface area contributed by atoms with Gasteiger partial charge in [-0.2, -0.15) is 0 Å². The van der Waals surface area contributed by atoms with Gasteiger partial charge in [0.05, 0.1) is 23.3 Å². The SMILES string of the molecule is CCC(O)(CC)C(C)N(C(=O)C1(C(N)=O)CCC1)C(C)C(O)(CC)CC. The molecule has 1 rings (SSSR count). The van der Waals surface area contributed by atoms with Crippen LogP contribution in [0.1, 0.15) is 86.5 Å². The largest absolute Gasteiger partial charge is 0.388 e. The first kappa shape index (κ1) is 22.9. The van der Waals surface area contributed by atoms with Crippen molar-refractivity contribution in [3.05, 3.63) is 0 Å². The molecule has 2 amide bonds. The molecule has 2 atom stereocenters. The van der Waals surface area contributed by atoms with Crippen LogP contribution in [0.25, 0.3) is 0 Å². The Morgan fingerprint density at radius 1 is 0.962 bits per heavy atom. The Kier molecular flexibility index (Phi) is 7.27. The number of aliphatic hydroxyl groups is 2. The van der Waals surface area contributed by atoms with Gasteiger partial charge in [-0.1, -0.05) is 34.1 Å². The smallest absolute Gasteiger partial charge is 0.238 e. The lowest BCUT2D eigenvalue weighted by molar-refractivity contribution is -0.174. The fraction of sp³-hybridized carbons (Fsp3) is 0.900. The van der Waals surface area contributed by atoms with Gasteiger partial charge in [0.15, 0.2) is 0 Å². The normalized spacial score (nSPS) is 19.4. The van der Waals surface area contributed by atoms with Crippen molar-refractivity contribution in [1.82, 2.24) is 4.90 Å². The average molecular weight is 371 g/mol. The molecule has 26 heavy (non-hydrogen) atoms. The predicted octanol–water partition coefficient (Wildman–Crippen LogP) is 2.35. The number of carbonyl (C=O) groups excluding carboxylic acids is 2. The van der Waals surface area contributed by atoms with Crippen LogP contribution in [0.15, 0.2) is 0 Å². The van der Waals surface area contributed by atoms with E-state index in [1.807, 2.05) is 27.7 Å². The summed E-state index contributed by atoms with van der Waals surface area (Å²) in [6.07, 6.45) is 3.55. The van der Waals surface area contributed by atoms with Gasteiger partial charge >= 0.3 is 0 Å². The number of rotatable bonds is 10. The summed E-state index contributed by atoms with van der Waals surface area (Å²) < 4.78 is 0. The highest BCUT2D eigenvalue weighted by Gasteiger charge is 2.55. The van der Waals surface area contributed by atoms with Crippen LogP contribution in [-0.4, -0.2) is 50.2 Å². The molecule has 1 aliphatic carbocycles. The van der Waals surface area contributed by atoms with Crippen LogP contribution < -0.4 is 5.73 Å². The fourth-order valence-electron chi connectivity index (χ4n) is 4.23. The van der Waals surface area contributed by atoms with Crippen LogP contribution in [0, 0.1) is 5.41 Å². The minimum absolute atomic E-state index is 0.350. The zero-order chi connectivity index (χ0) is 20.3. The van der Waals surface area contributed by atoms with Crippen molar-refractivity contribution in [2.45, 2.75) is 110 Å². The third-order valence-electron chi connectivity index (χ3n) is 7.16. The molecular weight excluding hydrogens is 332 g/mol. The molecule has 152 valence electrons. The zero-order valence-corrected chi connectivity index (χ0v) is 17.3. The van der Waals surface area contributed by atoms with Crippen molar-refractivity contribution in [2.24, 2.45) is 11.1 Å². The summed E-state index contributed by atoms with van der Waals surface area (Å²) in [7, 11) is 0. The van der Waals surface area contributed by atoms with E-state index < -0.39 is 34.6 Å². The highest BCUT2D eigenvalue weighted by molar-refractivity contribution is 6.05. The maximum absolute atomic E-state index is 13.5. The number of hydrogen-bond donors (Lipinski definition) is 3. The molecule has 4 N–H and O–H groups in total. The average Bonchev–Trinajstić information content (AvgIpc) is 2.58. The molecule has 6 nitrogen and oxygen atoms in total. The number of hydrogen-bond acceptors (Lipinski definition) is 4. The van der Waals surface area contributed by atoms with E-state index in [2.05, 4.69) is 0 Å². The van der Waals surface area contributed by atoms with Crippen molar-refractivity contribution in [2.75, 3.05) is 0 Å². The quantitative estimate of drug-likeness (QED) is 0.513. The molecule has 0 aliphatic heterocycles. The molecular formula is C20H38N2O4. The Bertz CT molecular complexity index is 484. The summed E-state index contributed by atoms with van der Waals surface area (Å²) in [6, 6.07) is -1.08. The lowest BCUT2D eigenvalue weighted by atomic mass is 9.66. The second-order valence-electron chi connectivity index (χ2n) is 7.99. The Morgan fingerprint density at radius 2 is 1.31 bits per heavy atom. The van der Waals surface area contributed by atoms with Gasteiger partial charge in [-0.15, -0.1) is 0 Å². The number of nitrogens with zero attached hydrogens (tertiary/aromatic N) is 1. The van der Waals surface area contributed by atoms with Gasteiger partial charge in [0.2, 0.25) is 11.8 Å². The summed E-state index contributed by atoms with van der Waals surface area (Å²) >= 11 is 0. The topological polar surface area (TPSA) is 104 Å². The minimum Gasteiger partial charge on any atom is -0.388 e. The maximum Gasteiger partial charge on any atom is 0.238 e. The monoisotopic (exact) mass is 370 g/mol. The van der Waals surface area contributed by atoms with Gasteiger partial charge in [-0.25, -0.2) is 0 Å². The third-order valence-corrected chi connectivity index (χ3v) is 7.16. The highest BCUT2D eigenvalue weighted by atomic mass is 16.3. The molecule has 2 unspecified atom stereocenters. The number of primary amides is 1. The second-order valence-corrected chi connectivity index (χ2v) is 7.99. The van der Waals surface area contributed by atoms with Crippen molar-refractivity contribution < 1.29 is 19.8 Å². The van der Waals surface area contributed by atoms with Gasteiger partial charge in [0.1, 0.15) is 5.41 Å². The van der Waals surface area contributed by atoms with E-state index in [-0.39, 0.29) is 5.91 Å². The number of amides is 2. The van der Waals surface area contributed by atoms with Gasteiger partial charge in [0, 0.05) is 0 Å². The molecule has 0 spiro atoms. The van der Waals surface area contributed by atoms with E-state index in [0.717, 1.165) is 6.42 Å². The van der Waals surface area contributed by atoms with Gasteiger partial charge < -0.3 is 20.8 Å². The van der Waals surface area contributed by atoms with Crippen molar-refractivity contribution >= 4 is 11.8 Å². The summed E-state index contributed by atoms with van der Waals surface area (Å²) in [5.41, 5.74) is 2.23. The Labute approximate surface area is 158 Å². The van der Waals surface area contributed by atoms with E-state index in [1.165, 1.54) is 0 Å². The molecule has 0 radical (unpaired) electrons. The first-order valence-corrected chi connectivity index (χ1v) is 10.1. The molecule has 0 bridgehead atoms.